The molecule has 5 nitrogen and oxygen atoms in total. The van der Waals surface area contributed by atoms with Crippen LogP contribution in [0.25, 0.3) is 6.08 Å². The van der Waals surface area contributed by atoms with Gasteiger partial charge in [0.05, 0.1) is 28.2 Å². The first-order valence-electron chi connectivity index (χ1n) is 11.9. The van der Waals surface area contributed by atoms with Crippen LogP contribution in [0.2, 0.25) is 0 Å². The molecule has 1 heterocycles. The predicted molar refractivity (Wildman–Crippen MR) is 140 cm³/mol. The molecule has 1 aromatic carbocycles. The highest BCUT2D eigenvalue weighted by Crippen LogP contribution is 2.40. The Hall–Kier alpha value is -1.22. The lowest BCUT2D eigenvalue weighted by atomic mass is 9.94. The minimum absolute atomic E-state index is 0.110. The molecule has 1 aliphatic heterocycles. The van der Waals surface area contributed by atoms with Gasteiger partial charge in [-0.2, -0.15) is 0 Å². The van der Waals surface area contributed by atoms with Gasteiger partial charge in [-0.3, -0.25) is 14.7 Å². The number of amides is 1. The van der Waals surface area contributed by atoms with Gasteiger partial charge in [-0.15, -0.1) is 0 Å². The number of carbonyl (C=O) groups is 1. The van der Waals surface area contributed by atoms with Crippen molar-refractivity contribution in [1.29, 1.82) is 0 Å². The van der Waals surface area contributed by atoms with Crippen molar-refractivity contribution in [3.05, 3.63) is 26.2 Å². The van der Waals surface area contributed by atoms with Crippen molar-refractivity contribution in [2.24, 2.45) is 4.99 Å². The summed E-state index contributed by atoms with van der Waals surface area (Å²) in [6.45, 7) is 2.55. The number of amidine groups is 1. The number of hydrogen-bond donors (Lipinski definition) is 0. The normalized spacial score (nSPS) is 23.3. The van der Waals surface area contributed by atoms with E-state index in [1.54, 1.807) is 18.9 Å². The fourth-order valence-electron chi connectivity index (χ4n) is 4.86. The average molecular weight is 569 g/mol. The lowest BCUT2D eigenvalue weighted by molar-refractivity contribution is -0.124. The van der Waals surface area contributed by atoms with Gasteiger partial charge in [0, 0.05) is 6.04 Å². The molecule has 2 saturated carbocycles. The number of benzene rings is 1. The number of hydrogen-bond acceptors (Lipinski definition) is 5. The van der Waals surface area contributed by atoms with Crippen LogP contribution in [0.1, 0.15) is 76.7 Å². The molecule has 4 rings (SSSR count). The molecule has 1 aromatic rings. The molecule has 7 heteroatoms. The second-order valence-corrected chi connectivity index (χ2v) is 10.9. The zero-order valence-electron chi connectivity index (χ0n) is 19.1. The summed E-state index contributed by atoms with van der Waals surface area (Å²) in [6, 6.07) is 4.65. The standard InChI is InChI=1S/C25H33IN2O3S/c1-3-31-23-20(26)14-17(15-21(23)30-2)16-22-24(29)28(19-12-8-5-9-13-19)25(32-22)27-18-10-6-4-7-11-18/h14-16,18-19H,3-13H2,1-2H3. The van der Waals surface area contributed by atoms with Gasteiger partial charge in [0.1, 0.15) is 0 Å². The zero-order valence-corrected chi connectivity index (χ0v) is 22.0. The molecule has 0 atom stereocenters. The first-order chi connectivity index (χ1) is 15.6. The highest BCUT2D eigenvalue weighted by molar-refractivity contribution is 14.1. The van der Waals surface area contributed by atoms with Gasteiger partial charge in [-0.25, -0.2) is 0 Å². The number of methoxy groups -OCH3 is 1. The summed E-state index contributed by atoms with van der Waals surface area (Å²) < 4.78 is 12.3. The minimum Gasteiger partial charge on any atom is -0.493 e. The Morgan fingerprint density at radius 2 is 1.81 bits per heavy atom. The molecule has 0 spiro atoms. The van der Waals surface area contributed by atoms with Gasteiger partial charge >= 0.3 is 0 Å². The van der Waals surface area contributed by atoms with Crippen LogP contribution in [-0.4, -0.2) is 41.8 Å². The molecule has 32 heavy (non-hydrogen) atoms. The third-order valence-electron chi connectivity index (χ3n) is 6.48. The van der Waals surface area contributed by atoms with E-state index in [1.807, 2.05) is 24.0 Å². The van der Waals surface area contributed by atoms with E-state index in [9.17, 15) is 4.79 Å². The molecule has 0 bridgehead atoms. The molecule has 3 fully saturated rings. The van der Waals surface area contributed by atoms with Gasteiger partial charge in [0.2, 0.25) is 0 Å². The van der Waals surface area contributed by atoms with Crippen molar-refractivity contribution in [3.63, 3.8) is 0 Å². The monoisotopic (exact) mass is 568 g/mol. The maximum Gasteiger partial charge on any atom is 0.266 e. The summed E-state index contributed by atoms with van der Waals surface area (Å²) in [5.41, 5.74) is 0.952. The highest BCUT2D eigenvalue weighted by atomic mass is 127. The third kappa shape index (κ3) is 5.46. The van der Waals surface area contributed by atoms with E-state index in [2.05, 4.69) is 28.7 Å². The summed E-state index contributed by atoms with van der Waals surface area (Å²) in [6.07, 6.45) is 13.9. The van der Waals surface area contributed by atoms with E-state index in [0.29, 0.717) is 18.4 Å². The first kappa shape index (κ1) is 23.9. The minimum atomic E-state index is 0.110. The molecule has 0 unspecified atom stereocenters. The molecular weight excluding hydrogens is 535 g/mol. The molecular formula is C25H33IN2O3S. The Labute approximate surface area is 209 Å². The van der Waals surface area contributed by atoms with Crippen molar-refractivity contribution in [2.75, 3.05) is 13.7 Å². The van der Waals surface area contributed by atoms with Gasteiger partial charge in [0.15, 0.2) is 16.7 Å². The number of aliphatic imine (C=N–C) groups is 1. The summed E-state index contributed by atoms with van der Waals surface area (Å²) in [5.74, 6) is 1.56. The lowest BCUT2D eigenvalue weighted by Gasteiger charge is -2.31. The second kappa shape index (κ2) is 11.3. The first-order valence-corrected chi connectivity index (χ1v) is 13.8. The Balaban J connectivity index is 1.65. The molecule has 1 amide bonds. The van der Waals surface area contributed by atoms with E-state index in [0.717, 1.165) is 50.6 Å². The topological polar surface area (TPSA) is 51.1 Å². The summed E-state index contributed by atoms with van der Waals surface area (Å²) >= 11 is 3.83. The quantitative estimate of drug-likeness (QED) is 0.285. The fourth-order valence-corrected chi connectivity index (χ4v) is 6.75. The Kier molecular flexibility index (Phi) is 8.43. The molecule has 0 aromatic heterocycles. The van der Waals surface area contributed by atoms with Crippen LogP contribution in [0.15, 0.2) is 22.0 Å². The summed E-state index contributed by atoms with van der Waals surface area (Å²) in [4.78, 5) is 21.5. The van der Waals surface area contributed by atoms with Gasteiger partial charge in [0.25, 0.3) is 5.91 Å². The van der Waals surface area contributed by atoms with Crippen LogP contribution < -0.4 is 9.47 Å². The molecule has 0 radical (unpaired) electrons. The van der Waals surface area contributed by atoms with E-state index in [1.165, 1.54) is 38.5 Å². The largest absolute Gasteiger partial charge is 0.493 e. The van der Waals surface area contributed by atoms with Crippen LogP contribution in [0.5, 0.6) is 11.5 Å². The van der Waals surface area contributed by atoms with Crippen LogP contribution in [0.3, 0.4) is 0 Å². The van der Waals surface area contributed by atoms with Crippen molar-refractivity contribution in [1.82, 2.24) is 4.90 Å². The molecule has 0 N–H and O–H groups in total. The van der Waals surface area contributed by atoms with Crippen LogP contribution in [0, 0.1) is 3.57 Å². The van der Waals surface area contributed by atoms with E-state index < -0.39 is 0 Å². The van der Waals surface area contributed by atoms with Gasteiger partial charge in [-0.05, 0) is 90.7 Å². The average Bonchev–Trinajstić information content (AvgIpc) is 3.11. The van der Waals surface area contributed by atoms with E-state index in [4.69, 9.17) is 14.5 Å². The van der Waals surface area contributed by atoms with Crippen LogP contribution >= 0.6 is 34.4 Å². The number of halogens is 1. The summed E-state index contributed by atoms with van der Waals surface area (Å²) in [7, 11) is 1.65. The Bertz CT molecular complexity index is 889. The molecule has 1 saturated heterocycles. The van der Waals surface area contributed by atoms with Crippen molar-refractivity contribution in [3.8, 4) is 11.5 Å². The Morgan fingerprint density at radius 3 is 2.47 bits per heavy atom. The number of rotatable bonds is 6. The van der Waals surface area contributed by atoms with Gasteiger partial charge in [-0.1, -0.05) is 38.5 Å². The molecule has 174 valence electrons. The van der Waals surface area contributed by atoms with E-state index >= 15 is 0 Å². The maximum absolute atomic E-state index is 13.6. The smallest absolute Gasteiger partial charge is 0.266 e. The van der Waals surface area contributed by atoms with Crippen molar-refractivity contribution < 1.29 is 14.3 Å². The summed E-state index contributed by atoms with van der Waals surface area (Å²) in [5, 5.41) is 0.924. The number of ether oxygens (including phenoxy) is 2. The lowest BCUT2D eigenvalue weighted by Crippen LogP contribution is -2.41. The van der Waals surface area contributed by atoms with Crippen molar-refractivity contribution in [2.45, 2.75) is 83.2 Å². The van der Waals surface area contributed by atoms with Crippen LogP contribution in [-0.2, 0) is 4.79 Å². The highest BCUT2D eigenvalue weighted by Gasteiger charge is 2.39. The third-order valence-corrected chi connectivity index (χ3v) is 8.28. The second-order valence-electron chi connectivity index (χ2n) is 8.75. The molecule has 3 aliphatic rings. The number of carbonyl (C=O) groups excluding carboxylic acids is 1. The zero-order chi connectivity index (χ0) is 22.5. The van der Waals surface area contributed by atoms with Gasteiger partial charge < -0.3 is 9.47 Å². The maximum atomic E-state index is 13.6. The van der Waals surface area contributed by atoms with Crippen molar-refractivity contribution >= 4 is 51.5 Å². The Morgan fingerprint density at radius 1 is 1.12 bits per heavy atom. The fraction of sp³-hybridized carbons (Fsp3) is 0.600. The predicted octanol–water partition coefficient (Wildman–Crippen LogP) is 6.64. The molecule has 2 aliphatic carbocycles. The van der Waals surface area contributed by atoms with E-state index in [-0.39, 0.29) is 11.9 Å². The number of nitrogens with zero attached hydrogens (tertiary/aromatic N) is 2. The van der Waals surface area contributed by atoms with Crippen LogP contribution in [0.4, 0.5) is 0 Å². The number of thioether (sulfide) groups is 1. The SMILES string of the molecule is CCOc1c(I)cc(C=C2SC(=NC3CCCCC3)N(C3CCCCC3)C2=O)cc1OC.